The Bertz CT molecular complexity index is 949. The van der Waals surface area contributed by atoms with Crippen molar-refractivity contribution in [2.75, 3.05) is 13.1 Å². The number of nitrogens with one attached hydrogen (secondary N) is 3. The Labute approximate surface area is 191 Å². The molecule has 0 bridgehead atoms. The van der Waals surface area contributed by atoms with Crippen LogP contribution in [0.5, 0.6) is 0 Å². The number of alkyl carbamates (subject to hydrolysis) is 1. The van der Waals surface area contributed by atoms with Crippen LogP contribution in [0.15, 0.2) is 42.9 Å². The number of hydrogen-bond donors (Lipinski definition) is 4. The van der Waals surface area contributed by atoms with Crippen LogP contribution in [0.25, 0.3) is 0 Å². The number of likely N-dealkylation sites (tertiary alicyclic amines) is 1. The van der Waals surface area contributed by atoms with Crippen molar-refractivity contribution in [2.24, 2.45) is 5.73 Å². The predicted molar refractivity (Wildman–Crippen MR) is 117 cm³/mol. The molecule has 0 saturated carbocycles. The fourth-order valence-corrected chi connectivity index (χ4v) is 3.65. The lowest BCUT2D eigenvalue weighted by molar-refractivity contribution is -0.140. The van der Waals surface area contributed by atoms with Crippen LogP contribution in [0.2, 0.25) is 0 Å². The first-order valence-electron chi connectivity index (χ1n) is 10.8. The van der Waals surface area contributed by atoms with Crippen molar-refractivity contribution in [1.29, 1.82) is 0 Å². The van der Waals surface area contributed by atoms with E-state index in [1.165, 1.54) is 11.2 Å². The summed E-state index contributed by atoms with van der Waals surface area (Å²) in [5, 5.41) is 5.26. The molecule has 2 heterocycles. The van der Waals surface area contributed by atoms with Gasteiger partial charge in [-0.3, -0.25) is 14.4 Å². The minimum atomic E-state index is -0.962. The average molecular weight is 457 g/mol. The first-order chi connectivity index (χ1) is 15.9. The zero-order chi connectivity index (χ0) is 23.6. The van der Waals surface area contributed by atoms with E-state index in [4.69, 9.17) is 10.5 Å². The Kier molecular flexibility index (Phi) is 8.39. The van der Waals surface area contributed by atoms with Gasteiger partial charge in [-0.15, -0.1) is 0 Å². The van der Waals surface area contributed by atoms with Crippen molar-refractivity contribution in [1.82, 2.24) is 25.5 Å². The lowest BCUT2D eigenvalue weighted by Gasteiger charge is -2.28. The van der Waals surface area contributed by atoms with Gasteiger partial charge in [0.05, 0.1) is 12.0 Å². The third-order valence-corrected chi connectivity index (χ3v) is 5.28. The normalized spacial score (nSPS) is 16.1. The topological polar surface area (TPSA) is 160 Å². The third kappa shape index (κ3) is 7.06. The summed E-state index contributed by atoms with van der Waals surface area (Å²) in [6.45, 7) is 0.544. The molecular formula is C22H28N6O5. The van der Waals surface area contributed by atoms with E-state index in [0.717, 1.165) is 5.56 Å². The zero-order valence-electron chi connectivity index (χ0n) is 18.2. The number of primary amides is 1. The first kappa shape index (κ1) is 23.8. The predicted octanol–water partition coefficient (Wildman–Crippen LogP) is 0.230. The molecule has 1 fully saturated rings. The first-order valence-corrected chi connectivity index (χ1v) is 10.8. The molecule has 33 heavy (non-hydrogen) atoms. The van der Waals surface area contributed by atoms with E-state index in [1.807, 2.05) is 30.3 Å². The Morgan fingerprint density at radius 3 is 2.73 bits per heavy atom. The van der Waals surface area contributed by atoms with Crippen molar-refractivity contribution in [3.63, 3.8) is 0 Å². The highest BCUT2D eigenvalue weighted by atomic mass is 16.5. The number of imidazole rings is 1. The molecule has 2 atom stereocenters. The van der Waals surface area contributed by atoms with Crippen molar-refractivity contribution >= 4 is 23.8 Å². The van der Waals surface area contributed by atoms with Gasteiger partial charge in [0.1, 0.15) is 18.7 Å². The number of rotatable bonds is 10. The van der Waals surface area contributed by atoms with Crippen LogP contribution in [0, 0.1) is 0 Å². The van der Waals surface area contributed by atoms with Gasteiger partial charge in [0.25, 0.3) is 0 Å². The number of aromatic amines is 1. The highest BCUT2D eigenvalue weighted by Gasteiger charge is 2.38. The highest BCUT2D eigenvalue weighted by Crippen LogP contribution is 2.19. The Morgan fingerprint density at radius 1 is 1.24 bits per heavy atom. The van der Waals surface area contributed by atoms with E-state index in [2.05, 4.69) is 20.6 Å². The van der Waals surface area contributed by atoms with Gasteiger partial charge in [0.15, 0.2) is 0 Å². The van der Waals surface area contributed by atoms with Crippen molar-refractivity contribution in [2.45, 2.75) is 44.4 Å². The molecule has 1 saturated heterocycles. The van der Waals surface area contributed by atoms with E-state index < -0.39 is 30.0 Å². The standard InChI is InChI=1S/C22H28N6O5/c23-19(29)8-9-25-20(30)18-7-4-10-28(18)21(31)17(11-16-12-24-14-26-16)27-22(32)33-13-15-5-2-1-3-6-15/h1-3,5-6,12,14,17-18H,4,7-11,13H2,(H2,23,29)(H,24,26)(H,25,30)(H,27,32)/t17-,18-/m0/s1. The number of nitrogens with two attached hydrogens (primary N) is 1. The van der Waals surface area contributed by atoms with Gasteiger partial charge in [0.2, 0.25) is 17.7 Å². The molecule has 0 aliphatic carbocycles. The third-order valence-electron chi connectivity index (χ3n) is 5.28. The van der Waals surface area contributed by atoms with E-state index in [-0.39, 0.29) is 31.9 Å². The highest BCUT2D eigenvalue weighted by molar-refractivity contribution is 5.92. The number of amides is 4. The van der Waals surface area contributed by atoms with Gasteiger partial charge in [-0.05, 0) is 18.4 Å². The molecule has 1 aromatic carbocycles. The molecule has 5 N–H and O–H groups in total. The van der Waals surface area contributed by atoms with Gasteiger partial charge in [0, 0.05) is 32.1 Å². The molecule has 1 aromatic heterocycles. The molecule has 11 nitrogen and oxygen atoms in total. The zero-order valence-corrected chi connectivity index (χ0v) is 18.2. The second-order valence-corrected chi connectivity index (χ2v) is 7.72. The average Bonchev–Trinajstić information content (AvgIpc) is 3.49. The van der Waals surface area contributed by atoms with Gasteiger partial charge >= 0.3 is 6.09 Å². The summed E-state index contributed by atoms with van der Waals surface area (Å²) in [5.74, 6) is -1.28. The molecule has 176 valence electrons. The fourth-order valence-electron chi connectivity index (χ4n) is 3.65. The number of ether oxygens (including phenoxy) is 1. The summed E-state index contributed by atoms with van der Waals surface area (Å²) in [6.07, 6.45) is 3.66. The largest absolute Gasteiger partial charge is 0.445 e. The van der Waals surface area contributed by atoms with Crippen LogP contribution in [0.3, 0.4) is 0 Å². The van der Waals surface area contributed by atoms with Gasteiger partial charge in [-0.1, -0.05) is 30.3 Å². The minimum Gasteiger partial charge on any atom is -0.445 e. The summed E-state index contributed by atoms with van der Waals surface area (Å²) >= 11 is 0. The maximum Gasteiger partial charge on any atom is 0.408 e. The van der Waals surface area contributed by atoms with E-state index in [0.29, 0.717) is 25.1 Å². The molecule has 1 aliphatic heterocycles. The van der Waals surface area contributed by atoms with E-state index in [1.54, 1.807) is 6.20 Å². The fraction of sp³-hybridized carbons (Fsp3) is 0.409. The summed E-state index contributed by atoms with van der Waals surface area (Å²) in [7, 11) is 0. The SMILES string of the molecule is NC(=O)CCNC(=O)[C@@H]1CCCN1C(=O)[C@H](Cc1c[nH]cn1)NC(=O)OCc1ccccc1. The Balaban J connectivity index is 1.64. The summed E-state index contributed by atoms with van der Waals surface area (Å²) < 4.78 is 5.27. The molecule has 0 radical (unpaired) electrons. The number of nitrogens with zero attached hydrogens (tertiary/aromatic N) is 2. The molecule has 2 aromatic rings. The number of benzene rings is 1. The number of carbonyl (C=O) groups excluding carboxylic acids is 4. The van der Waals surface area contributed by atoms with Crippen LogP contribution in [-0.2, 0) is 32.1 Å². The summed E-state index contributed by atoms with van der Waals surface area (Å²) in [4.78, 5) is 57.7. The lowest BCUT2D eigenvalue weighted by Crippen LogP contribution is -2.54. The molecule has 11 heteroatoms. The second kappa shape index (κ2) is 11.7. The smallest absolute Gasteiger partial charge is 0.408 e. The maximum atomic E-state index is 13.3. The van der Waals surface area contributed by atoms with Crippen LogP contribution in [0.1, 0.15) is 30.5 Å². The maximum absolute atomic E-state index is 13.3. The Morgan fingerprint density at radius 2 is 2.03 bits per heavy atom. The molecule has 4 amide bonds. The van der Waals surface area contributed by atoms with Crippen LogP contribution < -0.4 is 16.4 Å². The van der Waals surface area contributed by atoms with Crippen LogP contribution in [-0.4, -0.2) is 63.9 Å². The number of aromatic nitrogens is 2. The quantitative estimate of drug-likeness (QED) is 0.400. The molecule has 0 unspecified atom stereocenters. The monoisotopic (exact) mass is 456 g/mol. The van der Waals surface area contributed by atoms with Crippen molar-refractivity contribution in [3.05, 3.63) is 54.1 Å². The van der Waals surface area contributed by atoms with Gasteiger partial charge in [-0.25, -0.2) is 9.78 Å². The molecule has 3 rings (SSSR count). The number of carbonyl (C=O) groups is 4. The number of H-pyrrole nitrogens is 1. The molecular weight excluding hydrogens is 428 g/mol. The lowest BCUT2D eigenvalue weighted by atomic mass is 10.1. The number of hydrogen-bond acceptors (Lipinski definition) is 6. The Hall–Kier alpha value is -3.89. The second-order valence-electron chi connectivity index (χ2n) is 7.72. The van der Waals surface area contributed by atoms with Crippen LogP contribution >= 0.6 is 0 Å². The summed E-state index contributed by atoms with van der Waals surface area (Å²) in [5.41, 5.74) is 6.50. The van der Waals surface area contributed by atoms with Gasteiger partial charge < -0.3 is 31.0 Å². The van der Waals surface area contributed by atoms with E-state index >= 15 is 0 Å². The minimum absolute atomic E-state index is 0.0169. The van der Waals surface area contributed by atoms with Crippen LogP contribution in [0.4, 0.5) is 4.79 Å². The van der Waals surface area contributed by atoms with E-state index in [9.17, 15) is 19.2 Å². The molecule has 1 aliphatic rings. The summed E-state index contributed by atoms with van der Waals surface area (Å²) in [6, 6.07) is 7.53. The van der Waals surface area contributed by atoms with Gasteiger partial charge in [-0.2, -0.15) is 0 Å². The van der Waals surface area contributed by atoms with Crippen molar-refractivity contribution in [3.8, 4) is 0 Å². The van der Waals surface area contributed by atoms with Crippen molar-refractivity contribution < 1.29 is 23.9 Å². The molecule has 0 spiro atoms.